The number of hydrogen-bond donors (Lipinski definition) is 2. The van der Waals surface area contributed by atoms with Crippen molar-refractivity contribution in [3.63, 3.8) is 0 Å². The molecule has 1 fully saturated rings. The van der Waals surface area contributed by atoms with Gasteiger partial charge in [-0.05, 0) is 25.0 Å². The Balaban J connectivity index is 1.54. The SMILES string of the molecule is CC1Cc2ccccc2N1CCNC(=O)C1CNC1. The van der Waals surface area contributed by atoms with Gasteiger partial charge >= 0.3 is 0 Å². The van der Waals surface area contributed by atoms with Crippen molar-refractivity contribution in [2.45, 2.75) is 19.4 Å². The molecule has 0 spiro atoms. The minimum Gasteiger partial charge on any atom is -0.367 e. The molecule has 4 nitrogen and oxygen atoms in total. The van der Waals surface area contributed by atoms with Gasteiger partial charge in [0.15, 0.2) is 0 Å². The van der Waals surface area contributed by atoms with Crippen LogP contribution in [0.15, 0.2) is 24.3 Å². The number of carbonyl (C=O) groups is 1. The van der Waals surface area contributed by atoms with Crippen molar-refractivity contribution in [3.8, 4) is 0 Å². The van der Waals surface area contributed by atoms with E-state index in [9.17, 15) is 4.79 Å². The molecule has 19 heavy (non-hydrogen) atoms. The fourth-order valence-electron chi connectivity index (χ4n) is 2.89. The molecule has 0 radical (unpaired) electrons. The summed E-state index contributed by atoms with van der Waals surface area (Å²) < 4.78 is 0. The second-order valence-electron chi connectivity index (χ2n) is 5.52. The largest absolute Gasteiger partial charge is 0.367 e. The maximum atomic E-state index is 11.8. The van der Waals surface area contributed by atoms with Gasteiger partial charge in [0.2, 0.25) is 5.91 Å². The van der Waals surface area contributed by atoms with Gasteiger partial charge in [-0.1, -0.05) is 18.2 Å². The number of rotatable bonds is 4. The summed E-state index contributed by atoms with van der Waals surface area (Å²) in [5.74, 6) is 0.377. The van der Waals surface area contributed by atoms with E-state index in [0.717, 1.165) is 32.6 Å². The van der Waals surface area contributed by atoms with E-state index in [4.69, 9.17) is 0 Å². The lowest BCUT2D eigenvalue weighted by atomic mass is 10.0. The topological polar surface area (TPSA) is 44.4 Å². The zero-order valence-electron chi connectivity index (χ0n) is 11.4. The highest BCUT2D eigenvalue weighted by Crippen LogP contribution is 2.31. The van der Waals surface area contributed by atoms with Crippen molar-refractivity contribution in [2.75, 3.05) is 31.1 Å². The van der Waals surface area contributed by atoms with E-state index in [1.54, 1.807) is 0 Å². The van der Waals surface area contributed by atoms with Gasteiger partial charge in [0.25, 0.3) is 0 Å². The van der Waals surface area contributed by atoms with Gasteiger partial charge < -0.3 is 15.5 Å². The van der Waals surface area contributed by atoms with Crippen LogP contribution in [0.2, 0.25) is 0 Å². The number of hydrogen-bond acceptors (Lipinski definition) is 3. The number of anilines is 1. The fraction of sp³-hybridized carbons (Fsp3) is 0.533. The lowest BCUT2D eigenvalue weighted by molar-refractivity contribution is -0.126. The summed E-state index contributed by atoms with van der Waals surface area (Å²) in [4.78, 5) is 14.2. The summed E-state index contributed by atoms with van der Waals surface area (Å²) in [7, 11) is 0. The van der Waals surface area contributed by atoms with E-state index in [1.165, 1.54) is 11.3 Å². The molecule has 2 N–H and O–H groups in total. The van der Waals surface area contributed by atoms with E-state index in [-0.39, 0.29) is 11.8 Å². The number of carbonyl (C=O) groups excluding carboxylic acids is 1. The van der Waals surface area contributed by atoms with Gasteiger partial charge in [-0.25, -0.2) is 0 Å². The highest BCUT2D eigenvalue weighted by Gasteiger charge is 2.27. The van der Waals surface area contributed by atoms with Crippen LogP contribution in [0.1, 0.15) is 12.5 Å². The molecule has 0 bridgehead atoms. The Labute approximate surface area is 114 Å². The Bertz CT molecular complexity index is 470. The Hall–Kier alpha value is -1.55. The first kappa shape index (κ1) is 12.5. The highest BCUT2D eigenvalue weighted by atomic mass is 16.2. The van der Waals surface area contributed by atoms with Crippen LogP contribution < -0.4 is 15.5 Å². The molecule has 1 atom stereocenters. The quantitative estimate of drug-likeness (QED) is 0.839. The molecule has 1 aromatic carbocycles. The Morgan fingerprint density at radius 1 is 1.42 bits per heavy atom. The second kappa shape index (κ2) is 5.21. The molecule has 1 saturated heterocycles. The Kier molecular flexibility index (Phi) is 3.42. The van der Waals surface area contributed by atoms with Crippen LogP contribution in [0, 0.1) is 5.92 Å². The molecule has 3 rings (SSSR count). The van der Waals surface area contributed by atoms with Gasteiger partial charge in [0, 0.05) is 37.9 Å². The number of fused-ring (bicyclic) bond motifs is 1. The van der Waals surface area contributed by atoms with Gasteiger partial charge in [-0.15, -0.1) is 0 Å². The van der Waals surface area contributed by atoms with Gasteiger partial charge in [-0.3, -0.25) is 4.79 Å². The van der Waals surface area contributed by atoms with Crippen LogP contribution in [0.5, 0.6) is 0 Å². The summed E-state index contributed by atoms with van der Waals surface area (Å²) in [5.41, 5.74) is 2.75. The van der Waals surface area contributed by atoms with E-state index in [0.29, 0.717) is 6.04 Å². The van der Waals surface area contributed by atoms with Crippen molar-refractivity contribution in [1.82, 2.24) is 10.6 Å². The minimum atomic E-state index is 0.184. The molecule has 0 aromatic heterocycles. The first-order valence-corrected chi connectivity index (χ1v) is 7.08. The predicted molar refractivity (Wildman–Crippen MR) is 76.3 cm³/mol. The summed E-state index contributed by atoms with van der Waals surface area (Å²) in [5, 5.41) is 6.16. The fourth-order valence-corrected chi connectivity index (χ4v) is 2.89. The molecular weight excluding hydrogens is 238 g/mol. The predicted octanol–water partition coefficient (Wildman–Crippen LogP) is 0.773. The molecule has 1 amide bonds. The van der Waals surface area contributed by atoms with Gasteiger partial charge in [-0.2, -0.15) is 0 Å². The second-order valence-corrected chi connectivity index (χ2v) is 5.52. The lowest BCUT2D eigenvalue weighted by Gasteiger charge is -2.28. The molecular formula is C15H21N3O. The van der Waals surface area contributed by atoms with Crippen LogP contribution in [0.4, 0.5) is 5.69 Å². The van der Waals surface area contributed by atoms with Gasteiger partial charge in [0.05, 0.1) is 5.92 Å². The molecule has 1 unspecified atom stereocenters. The molecule has 1 aromatic rings. The van der Waals surface area contributed by atoms with E-state index < -0.39 is 0 Å². The van der Waals surface area contributed by atoms with Crippen molar-refractivity contribution in [1.29, 1.82) is 0 Å². The molecule has 2 heterocycles. The highest BCUT2D eigenvalue weighted by molar-refractivity contribution is 5.80. The van der Waals surface area contributed by atoms with Crippen LogP contribution >= 0.6 is 0 Å². The van der Waals surface area contributed by atoms with Crippen LogP contribution in [0.25, 0.3) is 0 Å². The zero-order chi connectivity index (χ0) is 13.2. The molecule has 0 saturated carbocycles. The molecule has 0 aliphatic carbocycles. The average molecular weight is 259 g/mol. The number of nitrogens with zero attached hydrogens (tertiary/aromatic N) is 1. The number of para-hydroxylation sites is 1. The number of amides is 1. The smallest absolute Gasteiger partial charge is 0.225 e. The third-order valence-electron chi connectivity index (χ3n) is 4.15. The van der Waals surface area contributed by atoms with E-state index in [1.807, 2.05) is 0 Å². The van der Waals surface area contributed by atoms with E-state index >= 15 is 0 Å². The first-order valence-electron chi connectivity index (χ1n) is 7.08. The standard InChI is InChI=1S/C15H21N3O/c1-11-8-12-4-2-3-5-14(12)18(11)7-6-17-15(19)13-9-16-10-13/h2-5,11,13,16H,6-10H2,1H3,(H,17,19). The number of nitrogens with one attached hydrogen (secondary N) is 2. The van der Waals surface area contributed by atoms with Gasteiger partial charge in [0.1, 0.15) is 0 Å². The minimum absolute atomic E-state index is 0.184. The normalized spacial score (nSPS) is 21.9. The molecule has 2 aliphatic rings. The maximum Gasteiger partial charge on any atom is 0.225 e. The third-order valence-corrected chi connectivity index (χ3v) is 4.15. The molecule has 4 heteroatoms. The van der Waals surface area contributed by atoms with Crippen molar-refractivity contribution in [2.24, 2.45) is 5.92 Å². The zero-order valence-corrected chi connectivity index (χ0v) is 11.4. The Morgan fingerprint density at radius 3 is 2.95 bits per heavy atom. The molecule has 102 valence electrons. The summed E-state index contributed by atoms with van der Waals surface area (Å²) in [6, 6.07) is 9.09. The third kappa shape index (κ3) is 2.45. The van der Waals surface area contributed by atoms with E-state index in [2.05, 4.69) is 46.7 Å². The summed E-state index contributed by atoms with van der Waals surface area (Å²) in [6.45, 7) is 5.53. The summed E-state index contributed by atoms with van der Waals surface area (Å²) in [6.07, 6.45) is 1.11. The Morgan fingerprint density at radius 2 is 2.21 bits per heavy atom. The first-order chi connectivity index (χ1) is 9.25. The van der Waals surface area contributed by atoms with Crippen LogP contribution in [-0.4, -0.2) is 38.1 Å². The summed E-state index contributed by atoms with van der Waals surface area (Å²) >= 11 is 0. The van der Waals surface area contributed by atoms with Crippen LogP contribution in [0.3, 0.4) is 0 Å². The van der Waals surface area contributed by atoms with Crippen LogP contribution in [-0.2, 0) is 11.2 Å². The number of benzene rings is 1. The average Bonchev–Trinajstić information content (AvgIpc) is 2.64. The maximum absolute atomic E-state index is 11.8. The van der Waals surface area contributed by atoms with Crippen molar-refractivity contribution in [3.05, 3.63) is 29.8 Å². The lowest BCUT2D eigenvalue weighted by Crippen LogP contribution is -2.51. The van der Waals surface area contributed by atoms with Crippen molar-refractivity contribution < 1.29 is 4.79 Å². The van der Waals surface area contributed by atoms with Crippen molar-refractivity contribution >= 4 is 11.6 Å². The monoisotopic (exact) mass is 259 g/mol. The molecule has 2 aliphatic heterocycles.